The maximum atomic E-state index is 13.1. The molecule has 2 aromatic carbocycles. The van der Waals surface area contributed by atoms with Gasteiger partial charge in [0, 0.05) is 12.3 Å². The molecule has 0 heterocycles. The molecule has 25 heavy (non-hydrogen) atoms. The predicted octanol–water partition coefficient (Wildman–Crippen LogP) is 3.44. The summed E-state index contributed by atoms with van der Waals surface area (Å²) in [5.74, 6) is 2.05. The number of rotatable bonds is 9. The molecule has 0 spiro atoms. The van der Waals surface area contributed by atoms with Crippen LogP contribution in [0.3, 0.4) is 0 Å². The van der Waals surface area contributed by atoms with Gasteiger partial charge in [0.25, 0.3) is 0 Å². The Morgan fingerprint density at radius 2 is 1.88 bits per heavy atom. The second-order valence-corrected chi connectivity index (χ2v) is 6.40. The highest BCUT2D eigenvalue weighted by molar-refractivity contribution is 7.99. The van der Waals surface area contributed by atoms with Crippen LogP contribution < -0.4 is 14.8 Å². The van der Waals surface area contributed by atoms with Crippen molar-refractivity contribution in [3.05, 3.63) is 59.4 Å². The number of benzene rings is 2. The molecule has 0 saturated carbocycles. The van der Waals surface area contributed by atoms with Gasteiger partial charge in [-0.25, -0.2) is 4.39 Å². The average Bonchev–Trinajstić information content (AvgIpc) is 2.61. The Morgan fingerprint density at radius 3 is 2.60 bits per heavy atom. The maximum Gasteiger partial charge on any atom is 0.230 e. The Morgan fingerprint density at radius 1 is 1.08 bits per heavy atom. The van der Waals surface area contributed by atoms with Crippen molar-refractivity contribution in [1.29, 1.82) is 0 Å². The minimum absolute atomic E-state index is 0.0260. The first kappa shape index (κ1) is 19.1. The van der Waals surface area contributed by atoms with Crippen molar-refractivity contribution in [1.82, 2.24) is 5.32 Å². The highest BCUT2D eigenvalue weighted by atomic mass is 32.2. The van der Waals surface area contributed by atoms with E-state index in [-0.39, 0.29) is 11.7 Å². The van der Waals surface area contributed by atoms with E-state index in [9.17, 15) is 9.18 Å². The number of hydrogen-bond acceptors (Lipinski definition) is 4. The van der Waals surface area contributed by atoms with Gasteiger partial charge in [0.2, 0.25) is 5.91 Å². The number of ether oxygens (including phenoxy) is 2. The molecule has 0 fully saturated rings. The number of nitrogens with one attached hydrogen (secondary N) is 1. The lowest BCUT2D eigenvalue weighted by atomic mass is 10.1. The number of carbonyl (C=O) groups is 1. The molecule has 1 N–H and O–H groups in total. The minimum Gasteiger partial charge on any atom is -0.493 e. The SMILES string of the molecule is COc1ccc(CCNC(=O)CSCc2cccc(F)c2)cc1OC. The van der Waals surface area contributed by atoms with E-state index in [1.165, 1.54) is 23.9 Å². The van der Waals surface area contributed by atoms with Crippen LogP contribution in [0.15, 0.2) is 42.5 Å². The molecule has 1 amide bonds. The van der Waals surface area contributed by atoms with Crippen LogP contribution in [-0.2, 0) is 17.0 Å². The Balaban J connectivity index is 1.70. The van der Waals surface area contributed by atoms with Crippen molar-refractivity contribution in [2.75, 3.05) is 26.5 Å². The smallest absolute Gasteiger partial charge is 0.230 e. The largest absolute Gasteiger partial charge is 0.493 e. The third kappa shape index (κ3) is 6.31. The van der Waals surface area contributed by atoms with E-state index in [2.05, 4.69) is 5.32 Å². The second kappa shape index (κ2) is 9.93. The number of thioether (sulfide) groups is 1. The fourth-order valence-electron chi connectivity index (χ4n) is 2.32. The molecule has 0 unspecified atom stereocenters. The number of methoxy groups -OCH3 is 2. The van der Waals surface area contributed by atoms with Crippen molar-refractivity contribution in [2.24, 2.45) is 0 Å². The van der Waals surface area contributed by atoms with E-state index in [0.717, 1.165) is 11.1 Å². The summed E-state index contributed by atoms with van der Waals surface area (Å²) in [4.78, 5) is 11.9. The van der Waals surface area contributed by atoms with E-state index < -0.39 is 0 Å². The Bertz CT molecular complexity index is 709. The van der Waals surface area contributed by atoms with Crippen molar-refractivity contribution in [3.8, 4) is 11.5 Å². The van der Waals surface area contributed by atoms with Gasteiger partial charge < -0.3 is 14.8 Å². The quantitative estimate of drug-likeness (QED) is 0.741. The Kier molecular flexibility index (Phi) is 7.60. The Hall–Kier alpha value is -2.21. The molecule has 0 aromatic heterocycles. The van der Waals surface area contributed by atoms with E-state index in [1.807, 2.05) is 24.3 Å². The molecule has 4 nitrogen and oxygen atoms in total. The van der Waals surface area contributed by atoms with E-state index >= 15 is 0 Å². The average molecular weight is 363 g/mol. The number of hydrogen-bond donors (Lipinski definition) is 1. The summed E-state index contributed by atoms with van der Waals surface area (Å²) < 4.78 is 23.5. The van der Waals surface area contributed by atoms with Gasteiger partial charge in [-0.2, -0.15) is 0 Å². The van der Waals surface area contributed by atoms with Crippen LogP contribution in [0.1, 0.15) is 11.1 Å². The van der Waals surface area contributed by atoms with Crippen LogP contribution >= 0.6 is 11.8 Å². The fourth-order valence-corrected chi connectivity index (χ4v) is 3.13. The molecule has 2 rings (SSSR count). The lowest BCUT2D eigenvalue weighted by molar-refractivity contribution is -0.118. The highest BCUT2D eigenvalue weighted by Gasteiger charge is 2.06. The third-order valence-corrected chi connectivity index (χ3v) is 4.58. The lowest BCUT2D eigenvalue weighted by Gasteiger charge is -2.10. The zero-order valence-electron chi connectivity index (χ0n) is 14.4. The zero-order valence-corrected chi connectivity index (χ0v) is 15.2. The summed E-state index contributed by atoms with van der Waals surface area (Å²) in [5.41, 5.74) is 1.94. The molecule has 0 bridgehead atoms. The third-order valence-electron chi connectivity index (χ3n) is 3.57. The minimum atomic E-state index is -0.252. The summed E-state index contributed by atoms with van der Waals surface area (Å²) in [7, 11) is 3.19. The number of halogens is 1. The molecule has 0 radical (unpaired) electrons. The first-order valence-corrected chi connectivity index (χ1v) is 9.07. The van der Waals surface area contributed by atoms with Gasteiger partial charge in [-0.3, -0.25) is 4.79 Å². The van der Waals surface area contributed by atoms with Crippen molar-refractivity contribution in [2.45, 2.75) is 12.2 Å². The monoisotopic (exact) mass is 363 g/mol. The van der Waals surface area contributed by atoms with Crippen molar-refractivity contribution >= 4 is 17.7 Å². The molecule has 134 valence electrons. The van der Waals surface area contributed by atoms with Crippen LogP contribution in [0.5, 0.6) is 11.5 Å². The van der Waals surface area contributed by atoms with Gasteiger partial charge in [-0.15, -0.1) is 11.8 Å². The summed E-state index contributed by atoms with van der Waals surface area (Å²) in [5, 5.41) is 2.89. The van der Waals surface area contributed by atoms with Crippen LogP contribution in [0.4, 0.5) is 4.39 Å². The normalized spacial score (nSPS) is 10.4. The molecule has 2 aromatic rings. The molecule has 0 aliphatic heterocycles. The topological polar surface area (TPSA) is 47.6 Å². The van der Waals surface area contributed by atoms with Crippen LogP contribution in [-0.4, -0.2) is 32.4 Å². The summed E-state index contributed by atoms with van der Waals surface area (Å²) >= 11 is 1.47. The van der Waals surface area contributed by atoms with E-state index in [0.29, 0.717) is 36.0 Å². The first-order valence-electron chi connectivity index (χ1n) is 7.92. The summed E-state index contributed by atoms with van der Waals surface area (Å²) in [6.45, 7) is 0.550. The molecule has 0 aliphatic carbocycles. The molecular weight excluding hydrogens is 341 g/mol. The summed E-state index contributed by atoms with van der Waals surface area (Å²) in [6.07, 6.45) is 0.709. The number of amides is 1. The first-order chi connectivity index (χ1) is 12.1. The van der Waals surface area contributed by atoms with Crippen molar-refractivity contribution in [3.63, 3.8) is 0 Å². The van der Waals surface area contributed by atoms with Gasteiger partial charge in [-0.1, -0.05) is 18.2 Å². The summed E-state index contributed by atoms with van der Waals surface area (Å²) in [6, 6.07) is 12.1. The molecular formula is C19H22FNO3S. The van der Waals surface area contributed by atoms with Gasteiger partial charge in [0.05, 0.1) is 20.0 Å². The number of carbonyl (C=O) groups excluding carboxylic acids is 1. The van der Waals surface area contributed by atoms with Crippen LogP contribution in [0.25, 0.3) is 0 Å². The van der Waals surface area contributed by atoms with Gasteiger partial charge in [-0.05, 0) is 41.8 Å². The second-order valence-electron chi connectivity index (χ2n) is 5.41. The zero-order chi connectivity index (χ0) is 18.1. The Labute approximate surface area is 151 Å². The van der Waals surface area contributed by atoms with E-state index in [4.69, 9.17) is 9.47 Å². The predicted molar refractivity (Wildman–Crippen MR) is 98.8 cm³/mol. The van der Waals surface area contributed by atoms with Gasteiger partial charge >= 0.3 is 0 Å². The lowest BCUT2D eigenvalue weighted by Crippen LogP contribution is -2.27. The molecule has 0 aliphatic rings. The maximum absolute atomic E-state index is 13.1. The molecule has 0 saturated heterocycles. The molecule has 0 atom stereocenters. The van der Waals surface area contributed by atoms with E-state index in [1.54, 1.807) is 20.3 Å². The highest BCUT2D eigenvalue weighted by Crippen LogP contribution is 2.27. The fraction of sp³-hybridized carbons (Fsp3) is 0.316. The standard InChI is InChI=1S/C19H22FNO3S/c1-23-17-7-6-14(11-18(17)24-2)8-9-21-19(22)13-25-12-15-4-3-5-16(20)10-15/h3-7,10-11H,8-9,12-13H2,1-2H3,(H,21,22). The van der Waals surface area contributed by atoms with Gasteiger partial charge in [0.15, 0.2) is 11.5 Å². The van der Waals surface area contributed by atoms with Crippen LogP contribution in [0, 0.1) is 5.82 Å². The van der Waals surface area contributed by atoms with Gasteiger partial charge in [0.1, 0.15) is 5.82 Å². The van der Waals surface area contributed by atoms with Crippen molar-refractivity contribution < 1.29 is 18.7 Å². The molecule has 6 heteroatoms. The van der Waals surface area contributed by atoms with Crippen LogP contribution in [0.2, 0.25) is 0 Å².